The van der Waals surface area contributed by atoms with Crippen molar-refractivity contribution in [2.24, 2.45) is 0 Å². The van der Waals surface area contributed by atoms with Crippen molar-refractivity contribution >= 4 is 23.8 Å². The minimum absolute atomic E-state index is 0.273. The molecule has 2 aromatic rings. The zero-order valence-corrected chi connectivity index (χ0v) is 13.4. The monoisotopic (exact) mass is 330 g/mol. The van der Waals surface area contributed by atoms with Crippen LogP contribution in [0.4, 0.5) is 5.82 Å². The number of nitrogens with one attached hydrogen (secondary N) is 1. The topological polar surface area (TPSA) is 90.7 Å². The molecule has 2 rings (SSSR count). The number of rotatable bonds is 7. The Kier molecular flexibility index (Phi) is 6.13. The molecule has 0 saturated carbocycles. The minimum atomic E-state index is -0.632. The molecule has 7 heteroatoms. The van der Waals surface area contributed by atoms with Gasteiger partial charge < -0.3 is 19.3 Å². The molecule has 0 atom stereocenters. The van der Waals surface area contributed by atoms with E-state index in [0.29, 0.717) is 18.1 Å². The van der Waals surface area contributed by atoms with Crippen LogP contribution in [0.25, 0.3) is 6.08 Å². The second-order valence-corrected chi connectivity index (χ2v) is 4.78. The van der Waals surface area contributed by atoms with Crippen molar-refractivity contribution in [1.29, 1.82) is 0 Å². The normalized spacial score (nSPS) is 10.6. The van der Waals surface area contributed by atoms with Gasteiger partial charge >= 0.3 is 5.97 Å². The molecule has 0 aliphatic carbocycles. The Balaban J connectivity index is 1.83. The molecule has 0 aliphatic heterocycles. The van der Waals surface area contributed by atoms with Crippen molar-refractivity contribution in [1.82, 2.24) is 5.16 Å². The first kappa shape index (κ1) is 17.3. The first-order valence-electron chi connectivity index (χ1n) is 7.38. The molecular weight excluding hydrogens is 312 g/mol. The summed E-state index contributed by atoms with van der Waals surface area (Å²) in [5, 5.41) is 6.06. The van der Waals surface area contributed by atoms with Gasteiger partial charge in [0, 0.05) is 17.7 Å². The maximum absolute atomic E-state index is 11.7. The lowest BCUT2D eigenvalue weighted by Crippen LogP contribution is -2.20. The number of carbonyl (C=O) groups excluding carboxylic acids is 2. The fourth-order valence-corrected chi connectivity index (χ4v) is 1.85. The lowest BCUT2D eigenvalue weighted by atomic mass is 10.2. The van der Waals surface area contributed by atoms with E-state index in [-0.39, 0.29) is 5.82 Å². The van der Waals surface area contributed by atoms with Crippen molar-refractivity contribution in [2.75, 3.05) is 18.5 Å². The fourth-order valence-electron chi connectivity index (χ4n) is 1.85. The van der Waals surface area contributed by atoms with Crippen LogP contribution in [0.3, 0.4) is 0 Å². The van der Waals surface area contributed by atoms with E-state index in [9.17, 15) is 9.59 Å². The fraction of sp³-hybridized carbons (Fsp3) is 0.235. The van der Waals surface area contributed by atoms with Crippen molar-refractivity contribution in [3.8, 4) is 5.75 Å². The van der Waals surface area contributed by atoms with Crippen LogP contribution in [0.15, 0.2) is 40.9 Å². The maximum Gasteiger partial charge on any atom is 0.331 e. The number of amides is 1. The van der Waals surface area contributed by atoms with Gasteiger partial charge in [-0.2, -0.15) is 0 Å². The van der Waals surface area contributed by atoms with Crippen LogP contribution in [-0.4, -0.2) is 30.2 Å². The van der Waals surface area contributed by atoms with Gasteiger partial charge in [0.05, 0.1) is 6.61 Å². The number of ether oxygens (including phenoxy) is 2. The molecule has 0 saturated heterocycles. The van der Waals surface area contributed by atoms with Crippen LogP contribution in [0.1, 0.15) is 18.2 Å². The Bertz CT molecular complexity index is 736. The summed E-state index contributed by atoms with van der Waals surface area (Å²) in [5.74, 6) is 0.378. The highest BCUT2D eigenvalue weighted by molar-refractivity contribution is 5.94. The van der Waals surface area contributed by atoms with E-state index in [1.54, 1.807) is 19.1 Å². The molecule has 1 amide bonds. The predicted octanol–water partition coefficient (Wildman–Crippen LogP) is 2.58. The quantitative estimate of drug-likeness (QED) is 0.620. The summed E-state index contributed by atoms with van der Waals surface area (Å²) in [7, 11) is 0. The highest BCUT2D eigenvalue weighted by Gasteiger charge is 2.08. The largest absolute Gasteiger partial charge is 0.493 e. The van der Waals surface area contributed by atoms with Gasteiger partial charge in [-0.3, -0.25) is 4.79 Å². The van der Waals surface area contributed by atoms with Crippen LogP contribution in [0.5, 0.6) is 5.75 Å². The minimum Gasteiger partial charge on any atom is -0.493 e. The summed E-state index contributed by atoms with van der Waals surface area (Å²) in [6.07, 6.45) is 2.82. The summed E-state index contributed by atoms with van der Waals surface area (Å²) in [5.41, 5.74) is 0.749. The number of benzene rings is 1. The Morgan fingerprint density at radius 1 is 1.33 bits per heavy atom. The molecule has 1 aromatic heterocycles. The van der Waals surface area contributed by atoms with Gasteiger partial charge in [-0.1, -0.05) is 23.4 Å². The summed E-state index contributed by atoms with van der Waals surface area (Å²) in [4.78, 5) is 23.3. The second-order valence-electron chi connectivity index (χ2n) is 4.78. The number of para-hydroxylation sites is 1. The molecule has 0 aliphatic rings. The molecular formula is C17H18N2O5. The van der Waals surface area contributed by atoms with E-state index in [4.69, 9.17) is 14.0 Å². The standard InChI is InChI=1S/C17H18N2O5/c1-3-22-14-7-5-4-6-13(14)8-9-17(21)23-11-16(20)18-15-10-12(2)24-19-15/h4-10H,3,11H2,1-2H3,(H,18,19,20). The third-order valence-corrected chi connectivity index (χ3v) is 2.86. The third kappa shape index (κ3) is 5.28. The van der Waals surface area contributed by atoms with Crippen molar-refractivity contribution < 1.29 is 23.6 Å². The van der Waals surface area contributed by atoms with Crippen LogP contribution < -0.4 is 10.1 Å². The molecule has 0 radical (unpaired) electrons. The molecule has 0 unspecified atom stereocenters. The molecule has 1 heterocycles. The summed E-state index contributed by atoms with van der Waals surface area (Å²) >= 11 is 0. The average molecular weight is 330 g/mol. The van der Waals surface area contributed by atoms with Crippen LogP contribution in [0.2, 0.25) is 0 Å². The van der Waals surface area contributed by atoms with Gasteiger partial charge in [0.2, 0.25) is 0 Å². The average Bonchev–Trinajstić information content (AvgIpc) is 2.97. The molecule has 126 valence electrons. The predicted molar refractivity (Wildman–Crippen MR) is 87.5 cm³/mol. The number of aromatic nitrogens is 1. The SMILES string of the molecule is CCOc1ccccc1C=CC(=O)OCC(=O)Nc1cc(C)on1. The maximum atomic E-state index is 11.7. The van der Waals surface area contributed by atoms with Crippen LogP contribution in [0, 0.1) is 6.92 Å². The van der Waals surface area contributed by atoms with Gasteiger partial charge in [0.1, 0.15) is 11.5 Å². The van der Waals surface area contributed by atoms with Crippen molar-refractivity contribution in [3.05, 3.63) is 47.7 Å². The Labute approximate surface area is 139 Å². The van der Waals surface area contributed by atoms with Crippen LogP contribution >= 0.6 is 0 Å². The first-order valence-corrected chi connectivity index (χ1v) is 7.38. The van der Waals surface area contributed by atoms with E-state index >= 15 is 0 Å². The highest BCUT2D eigenvalue weighted by atomic mass is 16.5. The smallest absolute Gasteiger partial charge is 0.331 e. The molecule has 1 aromatic carbocycles. The third-order valence-electron chi connectivity index (χ3n) is 2.86. The number of anilines is 1. The highest BCUT2D eigenvalue weighted by Crippen LogP contribution is 2.19. The molecule has 0 spiro atoms. The van der Waals surface area contributed by atoms with E-state index < -0.39 is 18.5 Å². The second kappa shape index (κ2) is 8.52. The Morgan fingerprint density at radius 2 is 2.12 bits per heavy atom. The molecule has 0 fully saturated rings. The summed E-state index contributed by atoms with van der Waals surface area (Å²) < 4.78 is 15.1. The van der Waals surface area contributed by atoms with E-state index in [1.165, 1.54) is 6.08 Å². The van der Waals surface area contributed by atoms with Crippen molar-refractivity contribution in [3.63, 3.8) is 0 Å². The van der Waals surface area contributed by atoms with Gasteiger partial charge in [-0.25, -0.2) is 4.79 Å². The summed E-state index contributed by atoms with van der Waals surface area (Å²) in [6.45, 7) is 3.69. The van der Waals surface area contributed by atoms with E-state index in [0.717, 1.165) is 5.56 Å². The zero-order valence-electron chi connectivity index (χ0n) is 13.4. The van der Waals surface area contributed by atoms with E-state index in [1.807, 2.05) is 31.2 Å². The van der Waals surface area contributed by atoms with Gasteiger partial charge in [0.15, 0.2) is 12.4 Å². The number of hydrogen-bond donors (Lipinski definition) is 1. The number of carbonyl (C=O) groups is 2. The van der Waals surface area contributed by atoms with Gasteiger partial charge in [0.25, 0.3) is 5.91 Å². The molecule has 7 nitrogen and oxygen atoms in total. The lowest BCUT2D eigenvalue weighted by molar-refractivity contribution is -0.142. The molecule has 1 N–H and O–H groups in total. The van der Waals surface area contributed by atoms with Gasteiger partial charge in [-0.15, -0.1) is 0 Å². The van der Waals surface area contributed by atoms with Crippen LogP contribution in [-0.2, 0) is 14.3 Å². The molecule has 24 heavy (non-hydrogen) atoms. The van der Waals surface area contributed by atoms with Gasteiger partial charge in [-0.05, 0) is 26.0 Å². The lowest BCUT2D eigenvalue weighted by Gasteiger charge is -2.06. The summed E-state index contributed by atoms with van der Waals surface area (Å²) in [6, 6.07) is 8.86. The molecule has 0 bridgehead atoms. The number of hydrogen-bond acceptors (Lipinski definition) is 6. The first-order chi connectivity index (χ1) is 11.6. The van der Waals surface area contributed by atoms with Crippen molar-refractivity contribution in [2.45, 2.75) is 13.8 Å². The zero-order chi connectivity index (χ0) is 17.4. The number of nitrogens with zero attached hydrogens (tertiary/aromatic N) is 1. The van der Waals surface area contributed by atoms with E-state index in [2.05, 4.69) is 10.5 Å². The Morgan fingerprint density at radius 3 is 2.83 bits per heavy atom. The number of esters is 1. The Hall–Kier alpha value is -3.09. The number of aryl methyl sites for hydroxylation is 1.